The topological polar surface area (TPSA) is 113 Å². The summed E-state index contributed by atoms with van der Waals surface area (Å²) < 4.78 is 1.70. The molecule has 9 heteroatoms. The number of carbonyl (C=O) groups excluding carboxylic acids is 4. The second-order valence-corrected chi connectivity index (χ2v) is 12.6. The van der Waals surface area contributed by atoms with E-state index >= 15 is 0 Å². The Kier molecular flexibility index (Phi) is 7.77. The zero-order valence-corrected chi connectivity index (χ0v) is 24.5. The predicted octanol–water partition coefficient (Wildman–Crippen LogP) is 4.27. The summed E-state index contributed by atoms with van der Waals surface area (Å²) in [6.45, 7) is 10.1. The van der Waals surface area contributed by atoms with Gasteiger partial charge in [0.25, 0.3) is 0 Å². The molecule has 2 N–H and O–H groups in total. The lowest BCUT2D eigenvalue weighted by Gasteiger charge is -2.26. The van der Waals surface area contributed by atoms with Crippen LogP contribution in [0.1, 0.15) is 95.6 Å². The van der Waals surface area contributed by atoms with Crippen LogP contribution >= 0.6 is 0 Å². The molecule has 9 nitrogen and oxygen atoms in total. The minimum absolute atomic E-state index is 0.0306. The van der Waals surface area contributed by atoms with Gasteiger partial charge in [-0.15, -0.1) is 0 Å². The SMILES string of the molecule is CCC(=O)[C@@H]1C[C@]23CNC(=O)C[C@@H](C)CCCCc4cc(NC(C)C)cc5c(C(C)=O)nn(c45)CC(=O)N1[C@@H]2C3. The standard InChI is InChI=1S/C31H43N5O4/c1-6-25(38)24-14-31-15-26(31)36(24)28(40)16-35-30-21(10-8-7-9-19(4)11-27(39)32-17-31)12-22(33-18(2)3)13-23(30)29(34-35)20(5)37/h12-13,18-19,24,26,33H,6-11,14-17H2,1-5H3,(H,32,39)/t19-,24-,26+,31-/m0/s1. The zero-order chi connectivity index (χ0) is 28.8. The summed E-state index contributed by atoms with van der Waals surface area (Å²) in [7, 11) is 0. The number of aromatic nitrogens is 2. The van der Waals surface area contributed by atoms with Crippen LogP contribution < -0.4 is 10.6 Å². The number of ketones is 2. The molecule has 0 radical (unpaired) electrons. The average Bonchev–Trinajstić information content (AvgIpc) is 3.30. The molecule has 1 saturated carbocycles. The highest BCUT2D eigenvalue weighted by molar-refractivity contribution is 6.06. The highest BCUT2D eigenvalue weighted by Gasteiger charge is 2.66. The fourth-order valence-corrected chi connectivity index (χ4v) is 6.92. The second kappa shape index (κ2) is 11.0. The Morgan fingerprint density at radius 3 is 2.67 bits per heavy atom. The van der Waals surface area contributed by atoms with Crippen LogP contribution in [-0.4, -0.2) is 62.7 Å². The number of rotatable bonds is 5. The normalized spacial score (nSPS) is 27.4. The largest absolute Gasteiger partial charge is 0.383 e. The lowest BCUT2D eigenvalue weighted by molar-refractivity contribution is -0.139. The Labute approximate surface area is 236 Å². The first-order valence-corrected chi connectivity index (χ1v) is 14.9. The molecular formula is C31H43N5O4. The summed E-state index contributed by atoms with van der Waals surface area (Å²) in [5.74, 6) is 0.0653. The molecule has 3 heterocycles. The van der Waals surface area contributed by atoms with Crippen molar-refractivity contribution in [1.82, 2.24) is 20.0 Å². The number of hydrogen-bond donors (Lipinski definition) is 2. The molecule has 0 unspecified atom stereocenters. The summed E-state index contributed by atoms with van der Waals surface area (Å²) in [6.07, 6.45) is 5.83. The van der Waals surface area contributed by atoms with Gasteiger partial charge in [-0.05, 0) is 63.1 Å². The van der Waals surface area contributed by atoms with Crippen LogP contribution in [-0.2, 0) is 27.3 Å². The van der Waals surface area contributed by atoms with Gasteiger partial charge in [0.15, 0.2) is 11.6 Å². The number of nitrogens with zero attached hydrogens (tertiary/aromatic N) is 3. The van der Waals surface area contributed by atoms with Gasteiger partial charge in [0.2, 0.25) is 11.8 Å². The molecule has 2 fully saturated rings. The van der Waals surface area contributed by atoms with Crippen molar-refractivity contribution in [3.05, 3.63) is 23.4 Å². The average molecular weight is 550 g/mol. The number of nitrogens with one attached hydrogen (secondary N) is 2. The van der Waals surface area contributed by atoms with E-state index < -0.39 is 6.04 Å². The third-order valence-electron chi connectivity index (χ3n) is 8.99. The van der Waals surface area contributed by atoms with E-state index in [1.54, 1.807) is 9.58 Å². The van der Waals surface area contributed by atoms with Gasteiger partial charge in [0.05, 0.1) is 11.6 Å². The van der Waals surface area contributed by atoms with Crippen LogP contribution in [0, 0.1) is 11.3 Å². The van der Waals surface area contributed by atoms with E-state index in [1.807, 2.05) is 13.0 Å². The molecule has 1 aliphatic carbocycles. The van der Waals surface area contributed by atoms with Crippen LogP contribution in [0.5, 0.6) is 0 Å². The number of benzene rings is 1. The molecule has 216 valence electrons. The van der Waals surface area contributed by atoms with Crippen LogP contribution in [0.2, 0.25) is 0 Å². The predicted molar refractivity (Wildman–Crippen MR) is 154 cm³/mol. The molecule has 40 heavy (non-hydrogen) atoms. The Morgan fingerprint density at radius 1 is 1.20 bits per heavy atom. The van der Waals surface area contributed by atoms with E-state index in [0.717, 1.165) is 54.3 Å². The summed E-state index contributed by atoms with van der Waals surface area (Å²) in [5.41, 5.74) is 2.92. The third kappa shape index (κ3) is 5.39. The van der Waals surface area contributed by atoms with Crippen molar-refractivity contribution in [2.24, 2.45) is 11.3 Å². The van der Waals surface area contributed by atoms with Crippen molar-refractivity contribution in [3.8, 4) is 0 Å². The summed E-state index contributed by atoms with van der Waals surface area (Å²) >= 11 is 0. The fraction of sp³-hybridized carbons (Fsp3) is 0.645. The number of carbonyl (C=O) groups is 4. The van der Waals surface area contributed by atoms with Gasteiger partial charge in [-0.2, -0.15) is 5.10 Å². The number of aryl methyl sites for hydroxylation is 1. The first-order valence-electron chi connectivity index (χ1n) is 14.9. The van der Waals surface area contributed by atoms with E-state index in [-0.39, 0.29) is 53.3 Å². The van der Waals surface area contributed by atoms with Gasteiger partial charge in [0, 0.05) is 54.9 Å². The van der Waals surface area contributed by atoms with Gasteiger partial charge >= 0.3 is 0 Å². The van der Waals surface area contributed by atoms with E-state index in [1.165, 1.54) is 6.92 Å². The van der Waals surface area contributed by atoms with E-state index in [0.29, 0.717) is 31.5 Å². The van der Waals surface area contributed by atoms with Gasteiger partial charge in [-0.3, -0.25) is 23.9 Å². The molecule has 4 atom stereocenters. The van der Waals surface area contributed by atoms with Crippen molar-refractivity contribution in [1.29, 1.82) is 0 Å². The van der Waals surface area contributed by atoms with E-state index in [4.69, 9.17) is 0 Å². The molecule has 5 rings (SSSR count). The quantitative estimate of drug-likeness (QED) is 0.539. The first-order chi connectivity index (χ1) is 19.0. The van der Waals surface area contributed by atoms with Gasteiger partial charge in [-0.25, -0.2) is 0 Å². The second-order valence-electron chi connectivity index (χ2n) is 12.6. The van der Waals surface area contributed by atoms with Crippen LogP contribution in [0.3, 0.4) is 0 Å². The van der Waals surface area contributed by atoms with E-state index in [9.17, 15) is 19.2 Å². The van der Waals surface area contributed by atoms with Crippen LogP contribution in [0.15, 0.2) is 12.1 Å². The van der Waals surface area contributed by atoms with Gasteiger partial charge in [0.1, 0.15) is 12.2 Å². The number of Topliss-reactive ketones (excluding diaryl/α,β-unsaturated/α-hetero) is 2. The van der Waals surface area contributed by atoms with Crippen molar-refractivity contribution >= 4 is 40.0 Å². The summed E-state index contributed by atoms with van der Waals surface area (Å²) in [5, 5.41) is 12.0. The van der Waals surface area contributed by atoms with Crippen LogP contribution in [0.25, 0.3) is 10.9 Å². The number of anilines is 1. The molecule has 2 bridgehead atoms. The van der Waals surface area contributed by atoms with Gasteiger partial charge in [-0.1, -0.05) is 26.7 Å². The van der Waals surface area contributed by atoms with Crippen molar-refractivity contribution in [2.45, 2.75) is 111 Å². The Morgan fingerprint density at radius 2 is 1.98 bits per heavy atom. The maximum atomic E-state index is 14.0. The Bertz CT molecular complexity index is 1350. The molecule has 0 spiro atoms. The van der Waals surface area contributed by atoms with Crippen molar-refractivity contribution in [2.75, 3.05) is 11.9 Å². The summed E-state index contributed by atoms with van der Waals surface area (Å²) in [4.78, 5) is 54.2. The van der Waals surface area contributed by atoms with Crippen molar-refractivity contribution < 1.29 is 19.2 Å². The minimum Gasteiger partial charge on any atom is -0.383 e. The number of piperidine rings is 1. The van der Waals surface area contributed by atoms with Crippen LogP contribution in [0.4, 0.5) is 5.69 Å². The first kappa shape index (κ1) is 28.3. The maximum Gasteiger partial charge on any atom is 0.245 e. The lowest BCUT2D eigenvalue weighted by Crippen LogP contribution is -2.44. The highest BCUT2D eigenvalue weighted by Crippen LogP contribution is 2.59. The van der Waals surface area contributed by atoms with Crippen molar-refractivity contribution in [3.63, 3.8) is 0 Å². The smallest absolute Gasteiger partial charge is 0.245 e. The monoisotopic (exact) mass is 549 g/mol. The molecule has 2 aromatic rings. The zero-order valence-electron chi connectivity index (χ0n) is 24.5. The van der Waals surface area contributed by atoms with E-state index in [2.05, 4.69) is 42.6 Å². The number of amides is 2. The summed E-state index contributed by atoms with van der Waals surface area (Å²) in [6, 6.07) is 3.75. The third-order valence-corrected chi connectivity index (χ3v) is 8.99. The Balaban J connectivity index is 1.58. The molecular weight excluding hydrogens is 506 g/mol. The fourth-order valence-electron chi connectivity index (χ4n) is 6.92. The molecule has 1 aromatic heterocycles. The molecule has 2 amide bonds. The maximum absolute atomic E-state index is 14.0. The molecule has 2 aliphatic heterocycles. The van der Waals surface area contributed by atoms with Gasteiger partial charge < -0.3 is 15.5 Å². The Hall–Kier alpha value is -3.23. The molecule has 1 aromatic carbocycles. The number of hydrogen-bond acceptors (Lipinski definition) is 6. The molecule has 1 saturated heterocycles. The lowest BCUT2D eigenvalue weighted by atomic mass is 9.95. The highest BCUT2D eigenvalue weighted by atomic mass is 16.2. The minimum atomic E-state index is -0.485. The molecule has 3 aliphatic rings.